The van der Waals surface area contributed by atoms with E-state index in [0.717, 1.165) is 22.9 Å². The van der Waals surface area contributed by atoms with Gasteiger partial charge in [0.25, 0.3) is 0 Å². The Morgan fingerprint density at radius 3 is 2.75 bits per heavy atom. The molecule has 2 rings (SSSR count). The molecule has 86 valence electrons. The second-order valence-corrected chi connectivity index (χ2v) is 5.15. The van der Waals surface area contributed by atoms with E-state index in [1.807, 2.05) is 31.3 Å². The van der Waals surface area contributed by atoms with Crippen LogP contribution < -0.4 is 0 Å². The van der Waals surface area contributed by atoms with E-state index in [2.05, 4.69) is 24.9 Å². The third-order valence-corrected chi connectivity index (χ3v) is 2.98. The van der Waals surface area contributed by atoms with Crippen molar-refractivity contribution < 1.29 is 5.11 Å². The molecule has 2 aromatic rings. The first kappa shape index (κ1) is 11.2. The molecule has 1 aromatic heterocycles. The molecular formula is C14H19NO. The van der Waals surface area contributed by atoms with Gasteiger partial charge in [-0.3, -0.25) is 0 Å². The van der Waals surface area contributed by atoms with Crippen LogP contribution in [0.3, 0.4) is 0 Å². The molecule has 0 saturated carbocycles. The third-order valence-electron chi connectivity index (χ3n) is 2.98. The lowest BCUT2D eigenvalue weighted by Crippen LogP contribution is -2.23. The van der Waals surface area contributed by atoms with Crippen molar-refractivity contribution in [1.82, 2.24) is 4.98 Å². The summed E-state index contributed by atoms with van der Waals surface area (Å²) in [7, 11) is 0. The third kappa shape index (κ3) is 2.12. The summed E-state index contributed by atoms with van der Waals surface area (Å²) in [5, 5.41) is 11.6. The largest absolute Gasteiger partial charge is 0.385 e. The maximum Gasteiger partial charge on any atom is 0.0871 e. The Bertz CT molecular complexity index is 482. The van der Waals surface area contributed by atoms with Gasteiger partial charge in [0, 0.05) is 11.7 Å². The minimum atomic E-state index is -0.736. The summed E-state index contributed by atoms with van der Waals surface area (Å²) in [6.07, 6.45) is 2.70. The van der Waals surface area contributed by atoms with Gasteiger partial charge in [0.15, 0.2) is 0 Å². The smallest absolute Gasteiger partial charge is 0.0871 e. The lowest BCUT2D eigenvalue weighted by Gasteiger charge is -2.26. The average Bonchev–Trinajstić information content (AvgIpc) is 2.61. The van der Waals surface area contributed by atoms with Crippen molar-refractivity contribution in [1.29, 1.82) is 0 Å². The van der Waals surface area contributed by atoms with E-state index < -0.39 is 5.60 Å². The Morgan fingerprint density at radius 2 is 2.06 bits per heavy atom. The molecule has 1 unspecified atom stereocenters. The first-order valence-electron chi connectivity index (χ1n) is 5.79. The minimum Gasteiger partial charge on any atom is -0.385 e. The van der Waals surface area contributed by atoms with E-state index in [1.54, 1.807) is 0 Å². The second-order valence-electron chi connectivity index (χ2n) is 5.15. The van der Waals surface area contributed by atoms with Gasteiger partial charge in [-0.2, -0.15) is 0 Å². The molecule has 1 heterocycles. The first-order valence-corrected chi connectivity index (χ1v) is 5.79. The quantitative estimate of drug-likeness (QED) is 0.812. The fourth-order valence-electron chi connectivity index (χ4n) is 2.30. The molecule has 16 heavy (non-hydrogen) atoms. The van der Waals surface area contributed by atoms with Crippen LogP contribution in [0.2, 0.25) is 0 Å². The lowest BCUT2D eigenvalue weighted by atomic mass is 9.87. The van der Waals surface area contributed by atoms with Gasteiger partial charge >= 0.3 is 0 Å². The fourth-order valence-corrected chi connectivity index (χ4v) is 2.30. The molecule has 0 amide bonds. The zero-order chi connectivity index (χ0) is 11.8. The van der Waals surface area contributed by atoms with Crippen LogP contribution in [0, 0.1) is 5.92 Å². The molecule has 0 aliphatic rings. The number of hydrogen-bond acceptors (Lipinski definition) is 1. The highest BCUT2D eigenvalue weighted by molar-refractivity contribution is 5.80. The normalized spacial score (nSPS) is 15.6. The van der Waals surface area contributed by atoms with Crippen LogP contribution in [0.25, 0.3) is 10.9 Å². The Hall–Kier alpha value is -1.28. The highest BCUT2D eigenvalue weighted by atomic mass is 16.3. The van der Waals surface area contributed by atoms with Gasteiger partial charge in [0.05, 0.1) is 5.60 Å². The van der Waals surface area contributed by atoms with Crippen LogP contribution in [-0.4, -0.2) is 10.1 Å². The van der Waals surface area contributed by atoms with E-state index in [1.165, 1.54) is 0 Å². The maximum atomic E-state index is 10.4. The molecule has 2 N–H and O–H groups in total. The molecule has 0 aliphatic heterocycles. The van der Waals surface area contributed by atoms with Crippen molar-refractivity contribution in [2.24, 2.45) is 5.92 Å². The predicted molar refractivity (Wildman–Crippen MR) is 67.3 cm³/mol. The predicted octanol–water partition coefficient (Wildman–Crippen LogP) is 3.42. The van der Waals surface area contributed by atoms with E-state index in [-0.39, 0.29) is 0 Å². The lowest BCUT2D eigenvalue weighted by molar-refractivity contribution is 0.0350. The second kappa shape index (κ2) is 3.95. The van der Waals surface area contributed by atoms with Gasteiger partial charge < -0.3 is 10.1 Å². The molecule has 0 bridgehead atoms. The number of benzene rings is 1. The number of aromatic nitrogens is 1. The summed E-state index contributed by atoms with van der Waals surface area (Å²) < 4.78 is 0. The van der Waals surface area contributed by atoms with Gasteiger partial charge in [-0.15, -0.1) is 0 Å². The van der Waals surface area contributed by atoms with Crippen LogP contribution in [0.5, 0.6) is 0 Å². The average molecular weight is 217 g/mol. The summed E-state index contributed by atoms with van der Waals surface area (Å²) in [5.41, 5.74) is 1.37. The highest BCUT2D eigenvalue weighted by Crippen LogP contribution is 2.29. The summed E-state index contributed by atoms with van der Waals surface area (Å²) in [6.45, 7) is 6.15. The number of nitrogens with one attached hydrogen (secondary N) is 1. The van der Waals surface area contributed by atoms with Crippen LogP contribution in [0.1, 0.15) is 32.8 Å². The molecule has 0 saturated heterocycles. The summed E-state index contributed by atoms with van der Waals surface area (Å²) in [4.78, 5) is 3.16. The first-order chi connectivity index (χ1) is 7.49. The number of aromatic amines is 1. The fraction of sp³-hybridized carbons (Fsp3) is 0.429. The number of aliphatic hydroxyl groups is 1. The topological polar surface area (TPSA) is 36.0 Å². The van der Waals surface area contributed by atoms with E-state index in [0.29, 0.717) is 5.92 Å². The summed E-state index contributed by atoms with van der Waals surface area (Å²) in [6, 6.07) is 8.12. The van der Waals surface area contributed by atoms with Crippen molar-refractivity contribution in [3.63, 3.8) is 0 Å². The molecule has 0 fully saturated rings. The Labute approximate surface area is 96.3 Å². The Kier molecular flexibility index (Phi) is 2.76. The van der Waals surface area contributed by atoms with E-state index in [9.17, 15) is 5.11 Å². The van der Waals surface area contributed by atoms with Gasteiger partial charge in [-0.1, -0.05) is 19.9 Å². The molecule has 2 nitrogen and oxygen atoms in total. The van der Waals surface area contributed by atoms with Gasteiger partial charge in [-0.25, -0.2) is 0 Å². The molecule has 2 heteroatoms. The minimum absolute atomic E-state index is 0.483. The molecular weight excluding hydrogens is 198 g/mol. The molecule has 0 aliphatic carbocycles. The molecule has 0 radical (unpaired) electrons. The zero-order valence-corrected chi connectivity index (χ0v) is 10.1. The highest BCUT2D eigenvalue weighted by Gasteiger charge is 2.24. The summed E-state index contributed by atoms with van der Waals surface area (Å²) in [5.74, 6) is 0.483. The Balaban J connectivity index is 2.38. The van der Waals surface area contributed by atoms with Crippen molar-refractivity contribution in [2.45, 2.75) is 32.8 Å². The van der Waals surface area contributed by atoms with Gasteiger partial charge in [0.1, 0.15) is 0 Å². The van der Waals surface area contributed by atoms with Crippen molar-refractivity contribution in [3.8, 4) is 0 Å². The zero-order valence-electron chi connectivity index (χ0n) is 10.1. The van der Waals surface area contributed by atoms with Crippen molar-refractivity contribution >= 4 is 10.9 Å². The van der Waals surface area contributed by atoms with Crippen LogP contribution in [0.4, 0.5) is 0 Å². The van der Waals surface area contributed by atoms with Crippen LogP contribution >= 0.6 is 0 Å². The maximum absolute atomic E-state index is 10.4. The summed E-state index contributed by atoms with van der Waals surface area (Å²) >= 11 is 0. The van der Waals surface area contributed by atoms with E-state index in [4.69, 9.17) is 0 Å². The number of rotatable bonds is 3. The van der Waals surface area contributed by atoms with Crippen molar-refractivity contribution in [3.05, 3.63) is 36.0 Å². The standard InChI is InChI=1S/C14H19NO/c1-10(2)9-14(3,16)12-4-5-13-11(8-12)6-7-15-13/h4-8,10,15-16H,9H2,1-3H3. The van der Waals surface area contributed by atoms with Gasteiger partial charge in [-0.05, 0) is 48.4 Å². The molecule has 1 atom stereocenters. The van der Waals surface area contributed by atoms with Crippen LogP contribution in [-0.2, 0) is 5.60 Å². The SMILES string of the molecule is CC(C)CC(C)(O)c1ccc2[nH]ccc2c1. The number of fused-ring (bicyclic) bond motifs is 1. The van der Waals surface area contributed by atoms with Gasteiger partial charge in [0.2, 0.25) is 0 Å². The monoisotopic (exact) mass is 217 g/mol. The van der Waals surface area contributed by atoms with Crippen molar-refractivity contribution in [2.75, 3.05) is 0 Å². The van der Waals surface area contributed by atoms with Crippen LogP contribution in [0.15, 0.2) is 30.5 Å². The molecule has 0 spiro atoms. The Morgan fingerprint density at radius 1 is 1.31 bits per heavy atom. The number of hydrogen-bond donors (Lipinski definition) is 2. The number of H-pyrrole nitrogens is 1. The molecule has 1 aromatic carbocycles. The van der Waals surface area contributed by atoms with E-state index >= 15 is 0 Å².